The van der Waals surface area contributed by atoms with E-state index in [1.807, 2.05) is 30.3 Å². The molecule has 0 fully saturated rings. The van der Waals surface area contributed by atoms with Gasteiger partial charge in [0.25, 0.3) is 5.91 Å². The molecule has 110 valence electrons. The lowest BCUT2D eigenvalue weighted by molar-refractivity contribution is -0.139. The van der Waals surface area contributed by atoms with E-state index in [1.54, 1.807) is 11.4 Å². The highest BCUT2D eigenvalue weighted by Crippen LogP contribution is 2.24. The van der Waals surface area contributed by atoms with Crippen LogP contribution in [0, 0.1) is 0 Å². The van der Waals surface area contributed by atoms with Crippen LogP contribution in [0.4, 0.5) is 0 Å². The number of rotatable bonds is 6. The van der Waals surface area contributed by atoms with Crippen molar-refractivity contribution in [1.82, 2.24) is 5.32 Å². The fourth-order valence-electron chi connectivity index (χ4n) is 1.90. The van der Waals surface area contributed by atoms with Crippen LogP contribution >= 0.6 is 11.3 Å². The number of amides is 1. The molecule has 0 radical (unpaired) electrons. The Balaban J connectivity index is 2.10. The predicted molar refractivity (Wildman–Crippen MR) is 79.9 cm³/mol. The summed E-state index contributed by atoms with van der Waals surface area (Å²) in [6, 6.07) is 9.87. The van der Waals surface area contributed by atoms with Gasteiger partial charge in [-0.2, -0.15) is 0 Å². The molecule has 0 saturated heterocycles. The number of ether oxygens (including phenoxy) is 1. The van der Waals surface area contributed by atoms with Crippen molar-refractivity contribution in [3.05, 3.63) is 52.2 Å². The zero-order valence-corrected chi connectivity index (χ0v) is 12.2. The van der Waals surface area contributed by atoms with Gasteiger partial charge in [0.15, 0.2) is 0 Å². The molecule has 1 atom stereocenters. The number of carboxylic acids is 1. The van der Waals surface area contributed by atoms with E-state index in [0.717, 1.165) is 5.56 Å². The highest BCUT2D eigenvalue weighted by Gasteiger charge is 2.23. The average molecular weight is 305 g/mol. The van der Waals surface area contributed by atoms with Crippen molar-refractivity contribution in [3.63, 3.8) is 0 Å². The molecule has 0 spiro atoms. The maximum absolute atomic E-state index is 12.1. The number of carbonyl (C=O) groups is 2. The number of thiophene rings is 1. The van der Waals surface area contributed by atoms with E-state index in [2.05, 4.69) is 5.32 Å². The lowest BCUT2D eigenvalue weighted by Gasteiger charge is -2.14. The third-order valence-electron chi connectivity index (χ3n) is 2.94. The number of nitrogens with one attached hydrogen (secondary N) is 1. The maximum atomic E-state index is 12.1. The lowest BCUT2D eigenvalue weighted by atomic mass is 10.1. The molecule has 6 heteroatoms. The zero-order chi connectivity index (χ0) is 15.2. The van der Waals surface area contributed by atoms with Crippen molar-refractivity contribution in [2.75, 3.05) is 7.11 Å². The summed E-state index contributed by atoms with van der Waals surface area (Å²) >= 11 is 1.21. The average Bonchev–Trinajstić information content (AvgIpc) is 2.96. The number of hydrogen-bond acceptors (Lipinski definition) is 4. The molecular formula is C15H15NO4S. The highest BCUT2D eigenvalue weighted by molar-refractivity contribution is 7.12. The Morgan fingerprint density at radius 3 is 2.62 bits per heavy atom. The summed E-state index contributed by atoms with van der Waals surface area (Å²) in [7, 11) is 1.47. The minimum absolute atomic E-state index is 0.232. The van der Waals surface area contributed by atoms with Crippen molar-refractivity contribution in [2.24, 2.45) is 0 Å². The third kappa shape index (κ3) is 3.82. The molecule has 0 aliphatic carbocycles. The summed E-state index contributed by atoms with van der Waals surface area (Å²) in [5, 5.41) is 13.5. The Kier molecular flexibility index (Phi) is 4.94. The molecule has 2 rings (SSSR count). The zero-order valence-electron chi connectivity index (χ0n) is 11.4. The molecule has 1 heterocycles. The largest absolute Gasteiger partial charge is 0.495 e. The Bertz CT molecular complexity index is 624. The second-order valence-electron chi connectivity index (χ2n) is 4.37. The Hall–Kier alpha value is -2.34. The van der Waals surface area contributed by atoms with Crippen molar-refractivity contribution >= 4 is 23.2 Å². The number of aliphatic carboxylic acids is 1. The Morgan fingerprint density at radius 2 is 2.00 bits per heavy atom. The fourth-order valence-corrected chi connectivity index (χ4v) is 2.66. The van der Waals surface area contributed by atoms with E-state index in [9.17, 15) is 14.7 Å². The second-order valence-corrected chi connectivity index (χ2v) is 5.29. The fraction of sp³-hybridized carbons (Fsp3) is 0.200. The van der Waals surface area contributed by atoms with Crippen LogP contribution < -0.4 is 10.1 Å². The quantitative estimate of drug-likeness (QED) is 0.857. The number of carboxylic acid groups (broad SMARTS) is 1. The lowest BCUT2D eigenvalue weighted by Crippen LogP contribution is -2.42. The third-order valence-corrected chi connectivity index (χ3v) is 3.84. The molecule has 2 aromatic rings. The van der Waals surface area contributed by atoms with Crippen molar-refractivity contribution in [1.29, 1.82) is 0 Å². The van der Waals surface area contributed by atoms with Gasteiger partial charge in [0, 0.05) is 6.42 Å². The summed E-state index contributed by atoms with van der Waals surface area (Å²) in [5.74, 6) is -1.06. The summed E-state index contributed by atoms with van der Waals surface area (Å²) < 4.78 is 5.07. The minimum Gasteiger partial charge on any atom is -0.495 e. The van der Waals surface area contributed by atoms with Crippen LogP contribution in [0.3, 0.4) is 0 Å². The first-order chi connectivity index (χ1) is 10.1. The topological polar surface area (TPSA) is 75.6 Å². The van der Waals surface area contributed by atoms with Crippen LogP contribution in [0.1, 0.15) is 15.2 Å². The summed E-state index contributed by atoms with van der Waals surface area (Å²) in [6.45, 7) is 0. The standard InChI is InChI=1S/C15H15NO4S/c1-20-12-7-8-21-13(12)14(17)16-11(15(18)19)9-10-5-3-2-4-6-10/h2-8,11H,9H2,1H3,(H,16,17)(H,18,19)/t11-/m0/s1. The summed E-state index contributed by atoms with van der Waals surface area (Å²) in [4.78, 5) is 23.8. The highest BCUT2D eigenvalue weighted by atomic mass is 32.1. The van der Waals surface area contributed by atoms with Gasteiger partial charge in [-0.05, 0) is 17.0 Å². The molecule has 0 saturated carbocycles. The van der Waals surface area contributed by atoms with Crippen LogP contribution in [0.15, 0.2) is 41.8 Å². The Morgan fingerprint density at radius 1 is 1.29 bits per heavy atom. The van der Waals surface area contributed by atoms with E-state index < -0.39 is 17.9 Å². The van der Waals surface area contributed by atoms with Crippen LogP contribution in [0.25, 0.3) is 0 Å². The van der Waals surface area contributed by atoms with E-state index in [4.69, 9.17) is 4.74 Å². The van der Waals surface area contributed by atoms with Crippen LogP contribution in [-0.4, -0.2) is 30.1 Å². The molecule has 1 aromatic heterocycles. The van der Waals surface area contributed by atoms with Crippen LogP contribution in [0.5, 0.6) is 5.75 Å². The number of carbonyl (C=O) groups excluding carboxylic acids is 1. The minimum atomic E-state index is -1.07. The molecule has 5 nitrogen and oxygen atoms in total. The summed E-state index contributed by atoms with van der Waals surface area (Å²) in [6.07, 6.45) is 0.232. The van der Waals surface area contributed by atoms with Gasteiger partial charge >= 0.3 is 5.97 Å². The second kappa shape index (κ2) is 6.90. The SMILES string of the molecule is COc1ccsc1C(=O)N[C@@H](Cc1ccccc1)C(=O)O. The molecule has 0 aliphatic heterocycles. The molecule has 0 aliphatic rings. The molecule has 0 bridgehead atoms. The van der Waals surface area contributed by atoms with Gasteiger partial charge in [0.1, 0.15) is 16.7 Å². The summed E-state index contributed by atoms with van der Waals surface area (Å²) in [5.41, 5.74) is 0.850. The van der Waals surface area contributed by atoms with Gasteiger partial charge in [-0.3, -0.25) is 4.79 Å². The molecule has 1 amide bonds. The van der Waals surface area contributed by atoms with E-state index >= 15 is 0 Å². The first kappa shape index (κ1) is 15.1. The number of hydrogen-bond donors (Lipinski definition) is 2. The smallest absolute Gasteiger partial charge is 0.326 e. The molecule has 2 N–H and O–H groups in total. The predicted octanol–water partition coefficient (Wildman–Crippen LogP) is 2.18. The van der Waals surface area contributed by atoms with E-state index in [0.29, 0.717) is 10.6 Å². The Labute approximate surface area is 126 Å². The molecule has 1 aromatic carbocycles. The van der Waals surface area contributed by atoms with E-state index in [1.165, 1.54) is 18.4 Å². The van der Waals surface area contributed by atoms with Gasteiger partial charge in [-0.25, -0.2) is 4.79 Å². The number of benzene rings is 1. The van der Waals surface area contributed by atoms with Crippen LogP contribution in [0.2, 0.25) is 0 Å². The maximum Gasteiger partial charge on any atom is 0.326 e. The first-order valence-electron chi connectivity index (χ1n) is 6.31. The van der Waals surface area contributed by atoms with Crippen molar-refractivity contribution < 1.29 is 19.4 Å². The normalized spacial score (nSPS) is 11.7. The first-order valence-corrected chi connectivity index (χ1v) is 7.19. The van der Waals surface area contributed by atoms with Gasteiger partial charge in [-0.15, -0.1) is 11.3 Å². The van der Waals surface area contributed by atoms with Crippen molar-refractivity contribution in [3.8, 4) is 5.75 Å². The van der Waals surface area contributed by atoms with Gasteiger partial charge < -0.3 is 15.2 Å². The number of methoxy groups -OCH3 is 1. The van der Waals surface area contributed by atoms with Gasteiger partial charge in [-0.1, -0.05) is 30.3 Å². The van der Waals surface area contributed by atoms with Crippen LogP contribution in [-0.2, 0) is 11.2 Å². The molecule has 21 heavy (non-hydrogen) atoms. The molecular weight excluding hydrogens is 290 g/mol. The van der Waals surface area contributed by atoms with Gasteiger partial charge in [0.05, 0.1) is 7.11 Å². The van der Waals surface area contributed by atoms with Crippen molar-refractivity contribution in [2.45, 2.75) is 12.5 Å². The molecule has 0 unspecified atom stereocenters. The van der Waals surface area contributed by atoms with Gasteiger partial charge in [0.2, 0.25) is 0 Å². The monoisotopic (exact) mass is 305 g/mol. The van der Waals surface area contributed by atoms with E-state index in [-0.39, 0.29) is 6.42 Å².